The van der Waals surface area contributed by atoms with Gasteiger partial charge in [0.25, 0.3) is 0 Å². The Kier molecular flexibility index (Phi) is 6.28. The highest BCUT2D eigenvalue weighted by molar-refractivity contribution is 5.93. The molecule has 1 N–H and O–H groups in total. The number of rotatable bonds is 8. The maximum Gasteiger partial charge on any atom is 0.338 e. The van der Waals surface area contributed by atoms with E-state index in [0.29, 0.717) is 30.8 Å². The second-order valence-electron chi connectivity index (χ2n) is 5.02. The number of carbonyl (C=O) groups excluding carboxylic acids is 2. The highest BCUT2D eigenvalue weighted by Crippen LogP contribution is 2.11. The van der Waals surface area contributed by atoms with E-state index in [-0.39, 0.29) is 11.9 Å². The number of ether oxygens (including phenoxy) is 1. The van der Waals surface area contributed by atoms with Gasteiger partial charge in [-0.15, -0.1) is 0 Å². The van der Waals surface area contributed by atoms with Gasteiger partial charge in [0.2, 0.25) is 5.91 Å². The van der Waals surface area contributed by atoms with Gasteiger partial charge in [-0.3, -0.25) is 9.48 Å². The molecular formula is C16H20N4O3. The molecule has 122 valence electrons. The third-order valence-electron chi connectivity index (χ3n) is 3.17. The molecule has 0 atom stereocenters. The van der Waals surface area contributed by atoms with Crippen molar-refractivity contribution in [2.24, 2.45) is 0 Å². The van der Waals surface area contributed by atoms with Gasteiger partial charge in [-0.05, 0) is 30.7 Å². The minimum atomic E-state index is -0.345. The zero-order valence-corrected chi connectivity index (χ0v) is 13.1. The zero-order valence-electron chi connectivity index (χ0n) is 13.1. The molecule has 1 amide bonds. The van der Waals surface area contributed by atoms with Gasteiger partial charge in [0.1, 0.15) is 12.7 Å². The standard InChI is InChI=1S/C16H20N4O3/c1-2-3-10-23-16(22)13-4-6-14(7-5-13)19-15(21)8-9-20-12-17-11-18-20/h4-7,11-12H,2-3,8-10H2,1H3,(H,19,21). The maximum atomic E-state index is 11.8. The number of hydrogen-bond donors (Lipinski definition) is 1. The average Bonchev–Trinajstić information content (AvgIpc) is 3.07. The highest BCUT2D eigenvalue weighted by atomic mass is 16.5. The number of hydrogen-bond acceptors (Lipinski definition) is 5. The monoisotopic (exact) mass is 316 g/mol. The molecule has 1 aromatic carbocycles. The van der Waals surface area contributed by atoms with Crippen molar-refractivity contribution in [3.8, 4) is 0 Å². The predicted molar refractivity (Wildman–Crippen MR) is 84.9 cm³/mol. The molecule has 0 radical (unpaired) electrons. The van der Waals surface area contributed by atoms with E-state index < -0.39 is 0 Å². The Morgan fingerprint density at radius 2 is 2.04 bits per heavy atom. The van der Waals surface area contributed by atoms with Crippen LogP contribution >= 0.6 is 0 Å². The lowest BCUT2D eigenvalue weighted by atomic mass is 10.2. The summed E-state index contributed by atoms with van der Waals surface area (Å²) in [6.45, 7) is 2.93. The molecular weight excluding hydrogens is 296 g/mol. The largest absolute Gasteiger partial charge is 0.462 e. The first kappa shape index (κ1) is 16.7. The molecule has 0 aliphatic rings. The Morgan fingerprint density at radius 3 is 2.70 bits per heavy atom. The van der Waals surface area contributed by atoms with E-state index in [1.807, 2.05) is 6.92 Å². The lowest BCUT2D eigenvalue weighted by molar-refractivity contribution is -0.116. The first-order valence-corrected chi connectivity index (χ1v) is 7.58. The van der Waals surface area contributed by atoms with E-state index in [2.05, 4.69) is 15.4 Å². The van der Waals surface area contributed by atoms with Crippen LogP contribution in [0.15, 0.2) is 36.9 Å². The smallest absolute Gasteiger partial charge is 0.338 e. The fourth-order valence-electron chi connectivity index (χ4n) is 1.87. The minimum Gasteiger partial charge on any atom is -0.462 e. The summed E-state index contributed by atoms with van der Waals surface area (Å²) in [6.07, 6.45) is 5.12. The number of nitrogens with one attached hydrogen (secondary N) is 1. The van der Waals surface area contributed by atoms with Crippen molar-refractivity contribution in [1.29, 1.82) is 0 Å². The van der Waals surface area contributed by atoms with Crippen LogP contribution in [0.4, 0.5) is 5.69 Å². The second-order valence-corrected chi connectivity index (χ2v) is 5.02. The zero-order chi connectivity index (χ0) is 16.5. The highest BCUT2D eigenvalue weighted by Gasteiger charge is 2.08. The summed E-state index contributed by atoms with van der Waals surface area (Å²) >= 11 is 0. The van der Waals surface area contributed by atoms with Gasteiger partial charge in [0.05, 0.1) is 18.7 Å². The SMILES string of the molecule is CCCCOC(=O)c1ccc(NC(=O)CCn2cncn2)cc1. The van der Waals surface area contributed by atoms with E-state index in [4.69, 9.17) is 4.74 Å². The summed E-state index contributed by atoms with van der Waals surface area (Å²) in [7, 11) is 0. The molecule has 0 aliphatic carbocycles. The fourth-order valence-corrected chi connectivity index (χ4v) is 1.87. The van der Waals surface area contributed by atoms with Crippen molar-refractivity contribution < 1.29 is 14.3 Å². The van der Waals surface area contributed by atoms with Gasteiger partial charge in [0.15, 0.2) is 0 Å². The van der Waals surface area contributed by atoms with Crippen molar-refractivity contribution in [3.05, 3.63) is 42.5 Å². The van der Waals surface area contributed by atoms with Gasteiger partial charge < -0.3 is 10.1 Å². The fraction of sp³-hybridized carbons (Fsp3) is 0.375. The number of benzene rings is 1. The van der Waals surface area contributed by atoms with Gasteiger partial charge in [-0.2, -0.15) is 5.10 Å². The van der Waals surface area contributed by atoms with E-state index in [1.165, 1.54) is 6.33 Å². The van der Waals surface area contributed by atoms with E-state index >= 15 is 0 Å². The molecule has 2 rings (SSSR count). The molecule has 7 nitrogen and oxygen atoms in total. The predicted octanol–water partition coefficient (Wildman–Crippen LogP) is 2.26. The molecule has 0 aliphatic heterocycles. The topological polar surface area (TPSA) is 86.1 Å². The number of unbranched alkanes of at least 4 members (excludes halogenated alkanes) is 1. The summed E-state index contributed by atoms with van der Waals surface area (Å²) in [6, 6.07) is 6.65. The summed E-state index contributed by atoms with van der Waals surface area (Å²) in [5, 5.41) is 6.70. The molecule has 0 saturated carbocycles. The molecule has 0 unspecified atom stereocenters. The lowest BCUT2D eigenvalue weighted by Gasteiger charge is -2.07. The van der Waals surface area contributed by atoms with E-state index in [0.717, 1.165) is 12.8 Å². The number of esters is 1. The Hall–Kier alpha value is -2.70. The summed E-state index contributed by atoms with van der Waals surface area (Å²) in [5.74, 6) is -0.471. The van der Waals surface area contributed by atoms with Crippen LogP contribution in [-0.2, 0) is 16.1 Å². The van der Waals surface area contributed by atoms with Gasteiger partial charge in [-0.1, -0.05) is 13.3 Å². The van der Waals surface area contributed by atoms with Crippen LogP contribution in [0.25, 0.3) is 0 Å². The number of aryl methyl sites for hydroxylation is 1. The third-order valence-corrected chi connectivity index (χ3v) is 3.17. The van der Waals surface area contributed by atoms with E-state index in [9.17, 15) is 9.59 Å². The van der Waals surface area contributed by atoms with Gasteiger partial charge in [-0.25, -0.2) is 9.78 Å². The Labute approximate surface area is 134 Å². The maximum absolute atomic E-state index is 11.8. The first-order valence-electron chi connectivity index (χ1n) is 7.58. The normalized spacial score (nSPS) is 10.3. The molecule has 1 aromatic heterocycles. The number of nitrogens with zero attached hydrogens (tertiary/aromatic N) is 3. The molecule has 7 heteroatoms. The lowest BCUT2D eigenvalue weighted by Crippen LogP contribution is -2.15. The van der Waals surface area contributed by atoms with Crippen LogP contribution in [0.5, 0.6) is 0 Å². The van der Waals surface area contributed by atoms with Crippen LogP contribution in [0.3, 0.4) is 0 Å². The van der Waals surface area contributed by atoms with Crippen molar-refractivity contribution in [1.82, 2.24) is 14.8 Å². The number of amides is 1. The van der Waals surface area contributed by atoms with E-state index in [1.54, 1.807) is 35.3 Å². The van der Waals surface area contributed by atoms with Crippen LogP contribution < -0.4 is 5.32 Å². The molecule has 0 saturated heterocycles. The molecule has 1 heterocycles. The van der Waals surface area contributed by atoms with Crippen LogP contribution in [0, 0.1) is 0 Å². The van der Waals surface area contributed by atoms with Crippen molar-refractivity contribution in [3.63, 3.8) is 0 Å². The second kappa shape index (κ2) is 8.67. The average molecular weight is 316 g/mol. The molecule has 0 spiro atoms. The molecule has 0 fully saturated rings. The number of aromatic nitrogens is 3. The van der Waals surface area contributed by atoms with Gasteiger partial charge >= 0.3 is 5.97 Å². The number of carbonyl (C=O) groups is 2. The van der Waals surface area contributed by atoms with Crippen LogP contribution in [-0.4, -0.2) is 33.2 Å². The first-order chi connectivity index (χ1) is 11.2. The van der Waals surface area contributed by atoms with Crippen molar-refractivity contribution in [2.45, 2.75) is 32.7 Å². The quantitative estimate of drug-likeness (QED) is 0.596. The third kappa shape index (κ3) is 5.54. The molecule has 0 bridgehead atoms. The molecule has 23 heavy (non-hydrogen) atoms. The van der Waals surface area contributed by atoms with Crippen LogP contribution in [0.1, 0.15) is 36.5 Å². The Morgan fingerprint density at radius 1 is 1.26 bits per heavy atom. The summed E-state index contributed by atoms with van der Waals surface area (Å²) in [4.78, 5) is 27.4. The van der Waals surface area contributed by atoms with Crippen LogP contribution in [0.2, 0.25) is 0 Å². The number of anilines is 1. The summed E-state index contributed by atoms with van der Waals surface area (Å²) in [5.41, 5.74) is 1.11. The Balaban J connectivity index is 1.79. The summed E-state index contributed by atoms with van der Waals surface area (Å²) < 4.78 is 6.72. The molecule has 2 aromatic rings. The van der Waals surface area contributed by atoms with Crippen molar-refractivity contribution in [2.75, 3.05) is 11.9 Å². The van der Waals surface area contributed by atoms with Crippen molar-refractivity contribution >= 4 is 17.6 Å². The van der Waals surface area contributed by atoms with Gasteiger partial charge in [0, 0.05) is 12.1 Å². The Bertz CT molecular complexity index is 623. The minimum absolute atomic E-state index is 0.126.